The molecule has 0 unspecified atom stereocenters. The molecule has 0 aliphatic rings. The van der Waals surface area contributed by atoms with Crippen LogP contribution in [0.3, 0.4) is 0 Å². The van der Waals surface area contributed by atoms with E-state index < -0.39 is 0 Å². The molecule has 3 heterocycles. The van der Waals surface area contributed by atoms with E-state index in [1.807, 2.05) is 48.5 Å². The Morgan fingerprint density at radius 1 is 0.585 bits per heavy atom. The van der Waals surface area contributed by atoms with E-state index in [1.165, 1.54) is 55.0 Å². The average molecular weight is 1020 g/mol. The van der Waals surface area contributed by atoms with Gasteiger partial charge < -0.3 is 14.0 Å². The van der Waals surface area contributed by atoms with Gasteiger partial charge in [0.05, 0.1) is 22.4 Å². The summed E-state index contributed by atoms with van der Waals surface area (Å²) in [6.07, 6.45) is 1.79. The molecule has 1 radical (unpaired) electrons. The zero-order valence-electron chi connectivity index (χ0n) is 37.9. The Bertz CT molecular complexity index is 3400. The van der Waals surface area contributed by atoms with Crippen LogP contribution in [-0.2, 0) is 25.5 Å². The molecule has 0 bridgehead atoms. The molecule has 11 rings (SSSR count). The molecule has 0 aliphatic heterocycles. The summed E-state index contributed by atoms with van der Waals surface area (Å²) in [5.41, 5.74) is 14.3. The van der Waals surface area contributed by atoms with Gasteiger partial charge in [0.15, 0.2) is 0 Å². The summed E-state index contributed by atoms with van der Waals surface area (Å²) in [6, 6.07) is 64.5. The van der Waals surface area contributed by atoms with Crippen LogP contribution in [0.1, 0.15) is 77.0 Å². The van der Waals surface area contributed by atoms with Crippen molar-refractivity contribution in [2.24, 2.45) is 0 Å². The molecule has 0 N–H and O–H groups in total. The zero-order chi connectivity index (χ0) is 44.1. The van der Waals surface area contributed by atoms with E-state index in [-0.39, 0.29) is 37.4 Å². The third-order valence-electron chi connectivity index (χ3n) is 12.5. The summed E-state index contributed by atoms with van der Waals surface area (Å²) in [6.45, 7) is 16.0. The van der Waals surface area contributed by atoms with Gasteiger partial charge in [0.2, 0.25) is 0 Å². The standard InChI is InChI=1S/C49H43N2O.C11H8N.Ir/c1-29(2)39-26-34(31-21-23-35(24-22-31)49(5,6)7)27-40(30(3)4)46(39)51-44-18-11-10-17-43(44)50-48(51)38-16-12-15-37-42-25-33-20-19-32-13-8-9-14-36(32)41(33)28-45(42)52-47(37)38;1-2-6-10(7-3-1)11-8-4-5-9-12-11;/h8-15,17-30H,1-7H3;1-6,8-9H;/q2*-1;. The van der Waals surface area contributed by atoms with Gasteiger partial charge in [-0.3, -0.25) is 4.98 Å². The molecule has 0 amide bonds. The minimum Gasteiger partial charge on any atom is -0.501 e. The normalized spacial score (nSPS) is 11.8. The van der Waals surface area contributed by atoms with E-state index >= 15 is 0 Å². The topological polar surface area (TPSA) is 43.9 Å². The van der Waals surface area contributed by atoms with Crippen molar-refractivity contribution in [3.8, 4) is 39.5 Å². The first-order valence-corrected chi connectivity index (χ1v) is 22.4. The first-order valence-electron chi connectivity index (χ1n) is 22.4. The molecule has 8 aromatic carbocycles. The molecular formula is C60H51IrN3O-2. The van der Waals surface area contributed by atoms with Crippen LogP contribution in [0.5, 0.6) is 0 Å². The van der Waals surface area contributed by atoms with Gasteiger partial charge in [-0.1, -0.05) is 144 Å². The summed E-state index contributed by atoms with van der Waals surface area (Å²) in [5, 5.41) is 7.02. The van der Waals surface area contributed by atoms with Crippen LogP contribution in [0.2, 0.25) is 0 Å². The van der Waals surface area contributed by atoms with Crippen LogP contribution in [0.4, 0.5) is 0 Å². The maximum Gasteiger partial charge on any atom is 0.121 e. The number of pyridine rings is 1. The molecule has 11 aromatic rings. The molecule has 323 valence electrons. The second-order valence-electron chi connectivity index (χ2n) is 18.4. The fourth-order valence-corrected chi connectivity index (χ4v) is 9.05. The van der Waals surface area contributed by atoms with E-state index in [2.05, 4.69) is 185 Å². The van der Waals surface area contributed by atoms with Gasteiger partial charge in [0.1, 0.15) is 5.58 Å². The van der Waals surface area contributed by atoms with Crippen LogP contribution in [-0.4, -0.2) is 14.5 Å². The Morgan fingerprint density at radius 2 is 1.29 bits per heavy atom. The Kier molecular flexibility index (Phi) is 11.9. The van der Waals surface area contributed by atoms with Crippen LogP contribution >= 0.6 is 0 Å². The predicted octanol–water partition coefficient (Wildman–Crippen LogP) is 16.5. The van der Waals surface area contributed by atoms with E-state index in [4.69, 9.17) is 9.40 Å². The Balaban J connectivity index is 0.000000355. The SMILES string of the molecule is CC(C)c1cc(-c2ccc(C(C)(C)C)cc2)cc(C(C)C)c1-n1c(-c2[c-]ccc3c2oc2cc4c(ccc5ccccc54)cc23)nc2ccccc21.[Ir].[c-]1ccccc1-c1ccccn1. The van der Waals surface area contributed by atoms with Gasteiger partial charge in [-0.05, 0) is 115 Å². The van der Waals surface area contributed by atoms with Crippen LogP contribution < -0.4 is 0 Å². The minimum atomic E-state index is 0. The number of benzene rings is 8. The summed E-state index contributed by atoms with van der Waals surface area (Å²) in [7, 11) is 0. The summed E-state index contributed by atoms with van der Waals surface area (Å²) in [4.78, 5) is 9.58. The number of hydrogen-bond acceptors (Lipinski definition) is 3. The molecule has 0 spiro atoms. The largest absolute Gasteiger partial charge is 0.501 e. The van der Waals surface area contributed by atoms with Gasteiger partial charge in [-0.15, -0.1) is 54.1 Å². The van der Waals surface area contributed by atoms with Crippen molar-refractivity contribution in [2.75, 3.05) is 0 Å². The number of nitrogens with zero attached hydrogens (tertiary/aromatic N) is 3. The first-order chi connectivity index (χ1) is 31.0. The van der Waals surface area contributed by atoms with Crippen molar-refractivity contribution in [2.45, 2.75) is 65.7 Å². The predicted molar refractivity (Wildman–Crippen MR) is 268 cm³/mol. The molecule has 4 nitrogen and oxygen atoms in total. The van der Waals surface area contributed by atoms with Gasteiger partial charge in [0.25, 0.3) is 0 Å². The second kappa shape index (κ2) is 17.7. The smallest absolute Gasteiger partial charge is 0.121 e. The Labute approximate surface area is 395 Å². The summed E-state index contributed by atoms with van der Waals surface area (Å²) < 4.78 is 9.25. The average Bonchev–Trinajstić information content (AvgIpc) is 3.89. The Morgan fingerprint density at radius 3 is 2.00 bits per heavy atom. The molecule has 0 saturated carbocycles. The maximum atomic E-state index is 6.86. The second-order valence-corrected chi connectivity index (χ2v) is 18.4. The third-order valence-corrected chi connectivity index (χ3v) is 12.5. The molecule has 0 saturated heterocycles. The molecule has 65 heavy (non-hydrogen) atoms. The number of furan rings is 1. The third kappa shape index (κ3) is 8.20. The van der Waals surface area contributed by atoms with Crippen molar-refractivity contribution >= 4 is 54.5 Å². The van der Waals surface area contributed by atoms with Gasteiger partial charge in [-0.25, -0.2) is 0 Å². The van der Waals surface area contributed by atoms with E-state index in [9.17, 15) is 0 Å². The molecular weight excluding hydrogens is 971 g/mol. The zero-order valence-corrected chi connectivity index (χ0v) is 40.3. The fourth-order valence-electron chi connectivity index (χ4n) is 9.05. The van der Waals surface area contributed by atoms with Crippen molar-refractivity contribution in [1.29, 1.82) is 0 Å². The van der Waals surface area contributed by atoms with Crippen molar-refractivity contribution in [3.05, 3.63) is 199 Å². The van der Waals surface area contributed by atoms with E-state index in [0.29, 0.717) is 0 Å². The van der Waals surface area contributed by atoms with E-state index in [0.717, 1.165) is 55.6 Å². The quantitative estimate of drug-likeness (QED) is 0.123. The van der Waals surface area contributed by atoms with Gasteiger partial charge in [0, 0.05) is 37.4 Å². The number of fused-ring (bicyclic) bond motifs is 7. The van der Waals surface area contributed by atoms with Crippen LogP contribution in [0, 0.1) is 12.1 Å². The number of rotatable bonds is 6. The van der Waals surface area contributed by atoms with E-state index in [1.54, 1.807) is 6.20 Å². The monoisotopic (exact) mass is 1020 g/mol. The van der Waals surface area contributed by atoms with Gasteiger partial charge in [-0.2, -0.15) is 0 Å². The Hall–Kier alpha value is -6.65. The molecule has 3 aromatic heterocycles. The number of aromatic nitrogens is 3. The van der Waals surface area contributed by atoms with Gasteiger partial charge >= 0.3 is 0 Å². The molecule has 0 atom stereocenters. The maximum absolute atomic E-state index is 6.86. The summed E-state index contributed by atoms with van der Waals surface area (Å²) >= 11 is 0. The molecule has 0 aliphatic carbocycles. The van der Waals surface area contributed by atoms with Crippen LogP contribution in [0.15, 0.2) is 174 Å². The number of para-hydroxylation sites is 2. The summed E-state index contributed by atoms with van der Waals surface area (Å²) in [5.74, 6) is 1.37. The number of hydrogen-bond donors (Lipinski definition) is 0. The van der Waals surface area contributed by atoms with Crippen molar-refractivity contribution in [1.82, 2.24) is 14.5 Å². The molecule has 5 heteroatoms. The van der Waals surface area contributed by atoms with Crippen molar-refractivity contribution < 1.29 is 24.5 Å². The fraction of sp³-hybridized carbons (Fsp3) is 0.167. The molecule has 0 fully saturated rings. The first kappa shape index (κ1) is 43.6. The van der Waals surface area contributed by atoms with Crippen LogP contribution in [0.25, 0.3) is 94.0 Å². The van der Waals surface area contributed by atoms with Crippen molar-refractivity contribution in [3.63, 3.8) is 0 Å². The minimum absolute atomic E-state index is 0. The number of imidazole rings is 1.